The molecule has 1 aromatic heterocycles. The number of alkyl halides is 3. The zero-order valence-corrected chi connectivity index (χ0v) is 12.5. The van der Waals surface area contributed by atoms with Crippen LogP contribution < -0.4 is 5.32 Å². The average molecular weight is 336 g/mol. The van der Waals surface area contributed by atoms with Gasteiger partial charge in [0, 0.05) is 17.4 Å². The Morgan fingerprint density at radius 3 is 2.70 bits per heavy atom. The van der Waals surface area contributed by atoms with Crippen molar-refractivity contribution in [3.05, 3.63) is 53.7 Å². The molecule has 2 rings (SSSR count). The monoisotopic (exact) mass is 336 g/mol. The van der Waals surface area contributed by atoms with Crippen molar-refractivity contribution < 1.29 is 18.0 Å². The van der Waals surface area contributed by atoms with Crippen LogP contribution in [0.5, 0.6) is 0 Å². The molecule has 1 aromatic carbocycles. The van der Waals surface area contributed by atoms with Gasteiger partial charge in [-0.1, -0.05) is 23.7 Å². The molecule has 23 heavy (non-hydrogen) atoms. The third-order valence-corrected chi connectivity index (χ3v) is 3.67. The van der Waals surface area contributed by atoms with E-state index in [-0.39, 0.29) is 11.7 Å². The largest absolute Gasteiger partial charge is 0.417 e. The number of aromatic nitrogens is 1. The smallest absolute Gasteiger partial charge is 0.325 e. The average Bonchev–Trinajstić information content (AvgIpc) is 2.52. The number of carbonyl (C=O) groups excluding carboxylic acids is 1. The van der Waals surface area contributed by atoms with Crippen LogP contribution in [0.3, 0.4) is 0 Å². The summed E-state index contributed by atoms with van der Waals surface area (Å²) >= 11 is 1.05. The van der Waals surface area contributed by atoms with Crippen molar-refractivity contribution in [2.75, 3.05) is 11.1 Å². The van der Waals surface area contributed by atoms with Gasteiger partial charge in [-0.05, 0) is 30.3 Å². The number of terminal acetylenes is 1. The van der Waals surface area contributed by atoms with E-state index >= 15 is 0 Å². The van der Waals surface area contributed by atoms with Crippen LogP contribution in [0, 0.1) is 12.3 Å². The summed E-state index contributed by atoms with van der Waals surface area (Å²) in [6.07, 6.45) is 1.60. The lowest BCUT2D eigenvalue weighted by atomic mass is 10.2. The first-order valence-corrected chi connectivity index (χ1v) is 7.39. The highest BCUT2D eigenvalue weighted by atomic mass is 32.2. The third-order valence-electron chi connectivity index (χ3n) is 2.73. The Balaban J connectivity index is 1.90. The topological polar surface area (TPSA) is 42.0 Å². The van der Waals surface area contributed by atoms with Gasteiger partial charge in [0.2, 0.25) is 5.91 Å². The molecule has 0 aliphatic carbocycles. The van der Waals surface area contributed by atoms with Crippen LogP contribution in [0.4, 0.5) is 18.9 Å². The van der Waals surface area contributed by atoms with E-state index in [9.17, 15) is 18.0 Å². The zero-order chi connectivity index (χ0) is 16.9. The maximum Gasteiger partial charge on any atom is 0.417 e. The molecule has 0 aliphatic heterocycles. The van der Waals surface area contributed by atoms with Crippen molar-refractivity contribution in [1.29, 1.82) is 0 Å². The fourth-order valence-corrected chi connectivity index (χ4v) is 2.30. The fraction of sp³-hybridized carbons (Fsp3) is 0.125. The number of pyridine rings is 1. The van der Waals surface area contributed by atoms with Crippen LogP contribution in [0.15, 0.2) is 47.6 Å². The zero-order valence-electron chi connectivity index (χ0n) is 11.7. The number of thioether (sulfide) groups is 1. The van der Waals surface area contributed by atoms with E-state index in [0.717, 1.165) is 24.0 Å². The molecule has 1 N–H and O–H groups in total. The quantitative estimate of drug-likeness (QED) is 0.682. The number of hydrogen-bond donors (Lipinski definition) is 1. The van der Waals surface area contributed by atoms with E-state index in [4.69, 9.17) is 6.42 Å². The Bertz CT molecular complexity index is 736. The fourth-order valence-electron chi connectivity index (χ4n) is 1.66. The number of carbonyl (C=O) groups is 1. The second-order valence-electron chi connectivity index (χ2n) is 4.44. The molecule has 0 bridgehead atoms. The first-order chi connectivity index (χ1) is 10.9. The number of anilines is 1. The van der Waals surface area contributed by atoms with Crippen LogP contribution >= 0.6 is 11.8 Å². The number of nitrogens with zero attached hydrogens (tertiary/aromatic N) is 1. The molecular formula is C16H11F3N2OS. The number of halogens is 3. The van der Waals surface area contributed by atoms with Crippen molar-refractivity contribution in [3.63, 3.8) is 0 Å². The lowest BCUT2D eigenvalue weighted by Crippen LogP contribution is -2.14. The van der Waals surface area contributed by atoms with Crippen LogP contribution in [-0.2, 0) is 11.0 Å². The van der Waals surface area contributed by atoms with Gasteiger partial charge >= 0.3 is 6.18 Å². The van der Waals surface area contributed by atoms with Gasteiger partial charge in [0.15, 0.2) is 0 Å². The molecule has 0 saturated carbocycles. The Morgan fingerprint density at radius 2 is 2.09 bits per heavy atom. The highest BCUT2D eigenvalue weighted by Gasteiger charge is 2.30. The predicted octanol–water partition coefficient (Wildman–Crippen LogP) is 3.81. The number of amides is 1. The van der Waals surface area contributed by atoms with Gasteiger partial charge in [0.25, 0.3) is 0 Å². The summed E-state index contributed by atoms with van der Waals surface area (Å²) in [5, 5.41) is 3.00. The second-order valence-corrected chi connectivity index (χ2v) is 5.44. The minimum absolute atomic E-state index is 0.0264. The lowest BCUT2D eigenvalue weighted by Gasteiger charge is -2.07. The summed E-state index contributed by atoms with van der Waals surface area (Å²) in [6, 6.07) is 8.97. The summed E-state index contributed by atoms with van der Waals surface area (Å²) < 4.78 is 37.2. The molecule has 3 nitrogen and oxygen atoms in total. The van der Waals surface area contributed by atoms with Crippen molar-refractivity contribution in [1.82, 2.24) is 4.98 Å². The van der Waals surface area contributed by atoms with Gasteiger partial charge in [-0.2, -0.15) is 13.2 Å². The minimum Gasteiger partial charge on any atom is -0.325 e. The van der Waals surface area contributed by atoms with E-state index in [1.807, 2.05) is 0 Å². The molecule has 1 amide bonds. The highest BCUT2D eigenvalue weighted by molar-refractivity contribution is 7.99. The van der Waals surface area contributed by atoms with Gasteiger partial charge in [-0.15, -0.1) is 6.42 Å². The third kappa shape index (κ3) is 5.04. The summed E-state index contributed by atoms with van der Waals surface area (Å²) in [5.74, 6) is 2.18. The number of nitrogens with one attached hydrogen (secondary N) is 1. The Kier molecular flexibility index (Phi) is 5.29. The number of rotatable bonds is 4. The molecule has 0 atom stereocenters. The molecule has 118 valence electrons. The minimum atomic E-state index is -4.42. The van der Waals surface area contributed by atoms with E-state index in [1.165, 1.54) is 6.07 Å². The normalized spacial score (nSPS) is 10.9. The van der Waals surface area contributed by atoms with Gasteiger partial charge in [0.1, 0.15) is 0 Å². The predicted molar refractivity (Wildman–Crippen MR) is 83.0 cm³/mol. The highest BCUT2D eigenvalue weighted by Crippen LogP contribution is 2.29. The first kappa shape index (κ1) is 16.9. The van der Waals surface area contributed by atoms with Gasteiger partial charge in [-0.3, -0.25) is 4.79 Å². The maximum atomic E-state index is 12.4. The lowest BCUT2D eigenvalue weighted by molar-refractivity contribution is -0.137. The van der Waals surface area contributed by atoms with Crippen molar-refractivity contribution >= 4 is 23.4 Å². The second kappa shape index (κ2) is 7.20. The van der Waals surface area contributed by atoms with Crippen molar-refractivity contribution in [3.8, 4) is 12.3 Å². The Hall–Kier alpha value is -2.46. The molecule has 0 unspecified atom stereocenters. The number of benzene rings is 1. The van der Waals surface area contributed by atoms with E-state index in [2.05, 4.69) is 16.2 Å². The van der Waals surface area contributed by atoms with Gasteiger partial charge in [0.05, 0.1) is 16.3 Å². The summed E-state index contributed by atoms with van der Waals surface area (Å²) in [5.41, 5.74) is 0.378. The SMILES string of the molecule is C#Cc1cccc(NC(=O)CSc2ccc(C(F)(F)F)cn2)c1. The molecular weight excluding hydrogens is 325 g/mol. The Morgan fingerprint density at radius 1 is 1.30 bits per heavy atom. The molecule has 0 fully saturated rings. The van der Waals surface area contributed by atoms with Gasteiger partial charge < -0.3 is 5.32 Å². The van der Waals surface area contributed by atoms with Gasteiger partial charge in [-0.25, -0.2) is 4.98 Å². The van der Waals surface area contributed by atoms with Crippen LogP contribution in [0.2, 0.25) is 0 Å². The molecule has 7 heteroatoms. The van der Waals surface area contributed by atoms with E-state index < -0.39 is 11.7 Å². The number of hydrogen-bond acceptors (Lipinski definition) is 3. The maximum absolute atomic E-state index is 12.4. The molecule has 1 heterocycles. The van der Waals surface area contributed by atoms with Crippen LogP contribution in [-0.4, -0.2) is 16.6 Å². The Labute approximate surface area is 135 Å². The molecule has 2 aromatic rings. The van der Waals surface area contributed by atoms with E-state index in [0.29, 0.717) is 16.3 Å². The summed E-state index contributed by atoms with van der Waals surface area (Å²) in [7, 11) is 0. The standard InChI is InChI=1S/C16H11F3N2OS/c1-2-11-4-3-5-13(8-11)21-14(22)10-23-15-7-6-12(9-20-15)16(17,18)19/h1,3-9H,10H2,(H,21,22). The molecule has 0 saturated heterocycles. The summed E-state index contributed by atoms with van der Waals surface area (Å²) in [6.45, 7) is 0. The van der Waals surface area contributed by atoms with Crippen LogP contribution in [0.25, 0.3) is 0 Å². The van der Waals surface area contributed by atoms with E-state index in [1.54, 1.807) is 24.3 Å². The summed E-state index contributed by atoms with van der Waals surface area (Å²) in [4.78, 5) is 15.5. The first-order valence-electron chi connectivity index (χ1n) is 6.41. The van der Waals surface area contributed by atoms with Crippen molar-refractivity contribution in [2.45, 2.75) is 11.2 Å². The van der Waals surface area contributed by atoms with Crippen molar-refractivity contribution in [2.24, 2.45) is 0 Å². The molecule has 0 aliphatic rings. The van der Waals surface area contributed by atoms with Crippen LogP contribution in [0.1, 0.15) is 11.1 Å². The molecule has 0 radical (unpaired) electrons. The molecule has 0 spiro atoms.